The fourth-order valence-corrected chi connectivity index (χ4v) is 3.47. The number of thiazole rings is 1. The van der Waals surface area contributed by atoms with Crippen molar-refractivity contribution in [2.24, 2.45) is 0 Å². The highest BCUT2D eigenvalue weighted by atomic mass is 35.5. The number of hydrogen-bond acceptors (Lipinski definition) is 6. The molecule has 0 spiro atoms. The summed E-state index contributed by atoms with van der Waals surface area (Å²) in [6.45, 7) is 4.08. The lowest BCUT2D eigenvalue weighted by Crippen LogP contribution is -2.38. The maximum absolute atomic E-state index is 12.9. The Morgan fingerprint density at radius 2 is 2.11 bits per heavy atom. The van der Waals surface area contributed by atoms with Crippen LogP contribution in [0.25, 0.3) is 0 Å². The Labute approximate surface area is 171 Å². The Morgan fingerprint density at radius 1 is 1.36 bits per heavy atom. The molecule has 0 atom stereocenters. The molecule has 8 nitrogen and oxygen atoms in total. The molecule has 1 aromatic carbocycles. The number of aryl methyl sites for hydroxylation is 1. The average Bonchev–Trinajstić information content (AvgIpc) is 3.04. The summed E-state index contributed by atoms with van der Waals surface area (Å²) in [6, 6.07) is 3.68. The maximum atomic E-state index is 12.9. The minimum absolute atomic E-state index is 0.0179. The van der Waals surface area contributed by atoms with E-state index in [0.29, 0.717) is 11.7 Å². The number of nitro benzene ring substituents is 1. The largest absolute Gasteiger partial charge is 0.329 e. The SMILES string of the molecule is CCCCCN(CC(=O)Nc1nc(C)cs1)C(=O)c1ccc([N+](=O)[O-])cc1Cl. The van der Waals surface area contributed by atoms with Crippen LogP contribution in [0.2, 0.25) is 5.02 Å². The predicted octanol–water partition coefficient (Wildman–Crippen LogP) is 4.28. The van der Waals surface area contributed by atoms with E-state index in [1.165, 1.54) is 28.4 Å². The van der Waals surface area contributed by atoms with Crippen LogP contribution < -0.4 is 5.32 Å². The Kier molecular flexibility index (Phi) is 7.89. The first-order chi connectivity index (χ1) is 13.3. The van der Waals surface area contributed by atoms with Gasteiger partial charge in [-0.05, 0) is 19.4 Å². The van der Waals surface area contributed by atoms with E-state index in [1.54, 1.807) is 0 Å². The van der Waals surface area contributed by atoms with Crippen LogP contribution in [0.15, 0.2) is 23.6 Å². The number of anilines is 1. The van der Waals surface area contributed by atoms with Gasteiger partial charge in [-0.2, -0.15) is 0 Å². The highest BCUT2D eigenvalue weighted by molar-refractivity contribution is 7.13. The van der Waals surface area contributed by atoms with Crippen molar-refractivity contribution in [2.75, 3.05) is 18.4 Å². The zero-order valence-corrected chi connectivity index (χ0v) is 17.2. The van der Waals surface area contributed by atoms with E-state index in [2.05, 4.69) is 10.3 Å². The first kappa shape index (κ1) is 21.8. The first-order valence-corrected chi connectivity index (χ1v) is 10.0. The molecule has 1 N–H and O–H groups in total. The summed E-state index contributed by atoms with van der Waals surface area (Å²) in [7, 11) is 0. The second kappa shape index (κ2) is 10.1. The number of amides is 2. The van der Waals surface area contributed by atoms with Crippen LogP contribution in [0, 0.1) is 17.0 Å². The molecule has 1 heterocycles. The van der Waals surface area contributed by atoms with Crippen molar-refractivity contribution in [1.82, 2.24) is 9.88 Å². The zero-order chi connectivity index (χ0) is 20.7. The Hall–Kier alpha value is -2.52. The zero-order valence-electron chi connectivity index (χ0n) is 15.6. The number of carbonyl (C=O) groups excluding carboxylic acids is 2. The molecule has 0 fully saturated rings. The molecule has 28 heavy (non-hydrogen) atoms. The lowest BCUT2D eigenvalue weighted by molar-refractivity contribution is -0.384. The second-order valence-corrected chi connectivity index (χ2v) is 7.46. The van der Waals surface area contributed by atoms with E-state index in [-0.39, 0.29) is 28.7 Å². The number of rotatable bonds is 9. The lowest BCUT2D eigenvalue weighted by Gasteiger charge is -2.22. The fourth-order valence-electron chi connectivity index (χ4n) is 2.51. The third kappa shape index (κ3) is 6.00. The highest BCUT2D eigenvalue weighted by Gasteiger charge is 2.22. The van der Waals surface area contributed by atoms with Crippen molar-refractivity contribution in [2.45, 2.75) is 33.1 Å². The van der Waals surface area contributed by atoms with Gasteiger partial charge in [0.15, 0.2) is 5.13 Å². The summed E-state index contributed by atoms with van der Waals surface area (Å²) in [5, 5.41) is 15.8. The van der Waals surface area contributed by atoms with Gasteiger partial charge in [-0.3, -0.25) is 19.7 Å². The number of aromatic nitrogens is 1. The average molecular weight is 425 g/mol. The highest BCUT2D eigenvalue weighted by Crippen LogP contribution is 2.24. The van der Waals surface area contributed by atoms with Gasteiger partial charge in [0.25, 0.3) is 11.6 Å². The molecule has 2 rings (SSSR count). The van der Waals surface area contributed by atoms with Gasteiger partial charge in [0.1, 0.15) is 6.54 Å². The molecular weight excluding hydrogens is 404 g/mol. The summed E-state index contributed by atoms with van der Waals surface area (Å²) >= 11 is 7.39. The second-order valence-electron chi connectivity index (χ2n) is 6.20. The van der Waals surface area contributed by atoms with Crippen LogP contribution in [0.1, 0.15) is 42.2 Å². The molecule has 0 aliphatic carbocycles. The molecule has 0 bridgehead atoms. The van der Waals surface area contributed by atoms with E-state index in [9.17, 15) is 19.7 Å². The quantitative estimate of drug-likeness (QED) is 0.367. The van der Waals surface area contributed by atoms with Gasteiger partial charge in [0.05, 0.1) is 21.2 Å². The molecule has 0 saturated carbocycles. The number of nitrogens with one attached hydrogen (secondary N) is 1. The van der Waals surface area contributed by atoms with Gasteiger partial charge >= 0.3 is 0 Å². The van der Waals surface area contributed by atoms with E-state index in [4.69, 9.17) is 11.6 Å². The van der Waals surface area contributed by atoms with Crippen molar-refractivity contribution in [1.29, 1.82) is 0 Å². The molecule has 150 valence electrons. The van der Waals surface area contributed by atoms with Gasteiger partial charge in [-0.25, -0.2) is 4.98 Å². The molecule has 0 aliphatic rings. The smallest absolute Gasteiger partial charge is 0.270 e. The number of carbonyl (C=O) groups is 2. The van der Waals surface area contributed by atoms with E-state index in [1.807, 2.05) is 19.2 Å². The van der Waals surface area contributed by atoms with Gasteiger partial charge < -0.3 is 10.2 Å². The van der Waals surface area contributed by atoms with Crippen molar-refractivity contribution in [3.8, 4) is 0 Å². The Balaban J connectivity index is 2.15. The van der Waals surface area contributed by atoms with Crippen LogP contribution in [-0.2, 0) is 4.79 Å². The van der Waals surface area contributed by atoms with Crippen LogP contribution in [0.5, 0.6) is 0 Å². The van der Waals surface area contributed by atoms with Crippen molar-refractivity contribution in [3.05, 3.63) is 50.0 Å². The van der Waals surface area contributed by atoms with E-state index >= 15 is 0 Å². The fraction of sp³-hybridized carbons (Fsp3) is 0.389. The van der Waals surface area contributed by atoms with E-state index < -0.39 is 10.8 Å². The van der Waals surface area contributed by atoms with Crippen LogP contribution >= 0.6 is 22.9 Å². The maximum Gasteiger partial charge on any atom is 0.270 e. The predicted molar refractivity (Wildman–Crippen MR) is 109 cm³/mol. The summed E-state index contributed by atoms with van der Waals surface area (Å²) in [5.41, 5.74) is 0.728. The van der Waals surface area contributed by atoms with Gasteiger partial charge in [-0.1, -0.05) is 31.4 Å². The van der Waals surface area contributed by atoms with E-state index in [0.717, 1.165) is 31.0 Å². The van der Waals surface area contributed by atoms with Gasteiger partial charge in [-0.15, -0.1) is 11.3 Å². The molecule has 2 amide bonds. The normalized spacial score (nSPS) is 10.5. The molecule has 0 aliphatic heterocycles. The summed E-state index contributed by atoms with van der Waals surface area (Å²) in [6.07, 6.45) is 2.60. The summed E-state index contributed by atoms with van der Waals surface area (Å²) in [4.78, 5) is 41.1. The van der Waals surface area contributed by atoms with Crippen molar-refractivity contribution >= 4 is 45.6 Å². The van der Waals surface area contributed by atoms with Gasteiger partial charge in [0, 0.05) is 24.1 Å². The van der Waals surface area contributed by atoms with Gasteiger partial charge in [0.2, 0.25) is 5.91 Å². The van der Waals surface area contributed by atoms with Crippen molar-refractivity contribution in [3.63, 3.8) is 0 Å². The molecule has 0 unspecified atom stereocenters. The number of benzene rings is 1. The van der Waals surface area contributed by atoms with Crippen molar-refractivity contribution < 1.29 is 14.5 Å². The number of hydrogen-bond donors (Lipinski definition) is 1. The number of nitrogens with zero attached hydrogens (tertiary/aromatic N) is 3. The first-order valence-electron chi connectivity index (χ1n) is 8.77. The Bertz CT molecular complexity index is 871. The van der Waals surface area contributed by atoms with Crippen LogP contribution in [-0.4, -0.2) is 39.7 Å². The summed E-state index contributed by atoms with van der Waals surface area (Å²) < 4.78 is 0. The third-order valence-corrected chi connectivity index (χ3v) is 5.10. The molecule has 10 heteroatoms. The minimum atomic E-state index is -0.581. The molecule has 1 aromatic heterocycles. The standard InChI is InChI=1S/C18H21ClN4O4S/c1-3-4-5-8-22(10-16(24)21-18-20-12(2)11-28-18)17(25)14-7-6-13(23(26)27)9-15(14)19/h6-7,9,11H,3-5,8,10H2,1-2H3,(H,20,21,24). The third-order valence-electron chi connectivity index (χ3n) is 3.91. The molecule has 2 aromatic rings. The lowest BCUT2D eigenvalue weighted by atomic mass is 10.1. The van der Waals surface area contributed by atoms with Crippen LogP contribution in [0.4, 0.5) is 10.8 Å². The monoisotopic (exact) mass is 424 g/mol. The topological polar surface area (TPSA) is 105 Å². The molecule has 0 saturated heterocycles. The van der Waals surface area contributed by atoms with Crippen LogP contribution in [0.3, 0.4) is 0 Å². The number of nitro groups is 1. The minimum Gasteiger partial charge on any atom is -0.329 e. The number of halogens is 1. The number of non-ortho nitro benzene ring substituents is 1. The molecule has 0 radical (unpaired) electrons. The summed E-state index contributed by atoms with van der Waals surface area (Å²) in [5.74, 6) is -0.807. The Morgan fingerprint density at radius 3 is 2.68 bits per heavy atom. The number of unbranched alkanes of at least 4 members (excludes halogenated alkanes) is 2. The molecular formula is C18H21ClN4O4S.